The fourth-order valence-electron chi connectivity index (χ4n) is 5.18. The summed E-state index contributed by atoms with van der Waals surface area (Å²) in [5.74, 6) is -2.91. The molecule has 3 heterocycles. The smallest absolute Gasteiger partial charge is 0.338 e. The molecule has 0 aliphatic rings. The van der Waals surface area contributed by atoms with Gasteiger partial charge < -0.3 is 19.9 Å². The van der Waals surface area contributed by atoms with Crippen LogP contribution in [0.3, 0.4) is 0 Å². The lowest BCUT2D eigenvalue weighted by Crippen LogP contribution is -2.42. The molecule has 0 saturated carbocycles. The third-order valence-corrected chi connectivity index (χ3v) is 6.98. The summed E-state index contributed by atoms with van der Waals surface area (Å²) in [6.45, 7) is 2.28. The maximum Gasteiger partial charge on any atom is 0.338 e. The highest BCUT2D eigenvalue weighted by Gasteiger charge is 2.30. The molecule has 3 N–H and O–H groups in total. The third kappa shape index (κ3) is 4.72. The van der Waals surface area contributed by atoms with Gasteiger partial charge in [0.2, 0.25) is 5.56 Å². The highest BCUT2D eigenvalue weighted by molar-refractivity contribution is 6.11. The molecular formula is C30H26N4O8. The van der Waals surface area contributed by atoms with E-state index in [0.717, 1.165) is 4.57 Å². The third-order valence-electron chi connectivity index (χ3n) is 6.98. The minimum atomic E-state index is -1.45. The number of rotatable bonds is 8. The Morgan fingerprint density at radius 3 is 2.36 bits per heavy atom. The van der Waals surface area contributed by atoms with E-state index < -0.39 is 41.2 Å². The number of pyridine rings is 2. The molecule has 0 spiro atoms. The van der Waals surface area contributed by atoms with Crippen molar-refractivity contribution in [3.63, 3.8) is 0 Å². The summed E-state index contributed by atoms with van der Waals surface area (Å²) in [7, 11) is 1.45. The lowest BCUT2D eigenvalue weighted by Gasteiger charge is -2.21. The minimum absolute atomic E-state index is 0.0814. The number of carboxylic acids is 2. The number of aromatic carboxylic acids is 1. The predicted octanol–water partition coefficient (Wildman–Crippen LogP) is 3.03. The fraction of sp³-hybridized carbons (Fsp3) is 0.200. The molecule has 2 aromatic carbocycles. The first-order chi connectivity index (χ1) is 20.0. The number of aliphatic carboxylic acids is 1. The summed E-state index contributed by atoms with van der Waals surface area (Å²) in [6.07, 6.45) is 0. The van der Waals surface area contributed by atoms with Crippen molar-refractivity contribution in [2.45, 2.75) is 32.9 Å². The minimum Gasteiger partial charge on any atom is -0.496 e. The second-order valence-corrected chi connectivity index (χ2v) is 9.96. The normalized spacial score (nSPS) is 11.3. The molecule has 0 unspecified atom stereocenters. The van der Waals surface area contributed by atoms with Crippen LogP contribution in [0, 0.1) is 0 Å². The average Bonchev–Trinajstić information content (AvgIpc) is 2.95. The van der Waals surface area contributed by atoms with Crippen molar-refractivity contribution in [1.29, 1.82) is 0 Å². The van der Waals surface area contributed by atoms with E-state index >= 15 is 0 Å². The molecule has 0 fully saturated rings. The quantitative estimate of drug-likeness (QED) is 0.253. The molecule has 3 aromatic heterocycles. The highest BCUT2D eigenvalue weighted by Crippen LogP contribution is 2.37. The summed E-state index contributed by atoms with van der Waals surface area (Å²) < 4.78 is 7.10. The molecule has 12 nitrogen and oxygen atoms in total. The number of hydrogen-bond acceptors (Lipinski definition) is 7. The Morgan fingerprint density at radius 1 is 1.00 bits per heavy atom. The summed E-state index contributed by atoms with van der Waals surface area (Å²) in [5.41, 5.74) is -2.02. The van der Waals surface area contributed by atoms with E-state index in [1.807, 2.05) is 0 Å². The SMILES string of the molecule is COc1ccccc1Cn1c(=O)n(CC(=O)O)c(=O)c2c(-c3cc(=O)[nH]c4ccccc34)c(C(=O)O)c(C(C)C)nc21. The molecule has 12 heteroatoms. The Balaban J connectivity index is 2.08. The molecule has 5 aromatic rings. The number of benzene rings is 2. The fourth-order valence-corrected chi connectivity index (χ4v) is 5.18. The Bertz CT molecular complexity index is 2090. The number of nitrogens with one attached hydrogen (secondary N) is 1. The number of aromatic amines is 1. The standard InChI is InChI=1S/C30H26N4O8/c1-15(2)26-24(29(39)40)23(18-12-21(35)31-19-10-6-5-9-17(18)19)25-27(32-26)33(13-16-8-4-7-11-20(16)42-3)30(41)34(28(25)38)14-22(36)37/h4-12,15H,13-14H2,1-3H3,(H,31,35)(H,36,37)(H,39,40). The maximum absolute atomic E-state index is 14.0. The van der Waals surface area contributed by atoms with Gasteiger partial charge in [-0.3, -0.25) is 19.0 Å². The Morgan fingerprint density at radius 2 is 1.69 bits per heavy atom. The maximum atomic E-state index is 14.0. The van der Waals surface area contributed by atoms with E-state index in [4.69, 9.17) is 4.74 Å². The van der Waals surface area contributed by atoms with Crippen molar-refractivity contribution in [2.24, 2.45) is 0 Å². The van der Waals surface area contributed by atoms with E-state index in [-0.39, 0.29) is 40.0 Å². The van der Waals surface area contributed by atoms with E-state index in [9.17, 15) is 34.2 Å². The van der Waals surface area contributed by atoms with Crippen molar-refractivity contribution in [2.75, 3.05) is 7.11 Å². The highest BCUT2D eigenvalue weighted by atomic mass is 16.5. The van der Waals surface area contributed by atoms with Crippen LogP contribution < -0.4 is 21.5 Å². The molecule has 0 aliphatic heterocycles. The van der Waals surface area contributed by atoms with Crippen molar-refractivity contribution in [3.05, 3.63) is 103 Å². The first-order valence-electron chi connectivity index (χ1n) is 12.9. The van der Waals surface area contributed by atoms with Crippen molar-refractivity contribution < 1.29 is 24.5 Å². The molecule has 0 atom stereocenters. The molecule has 0 saturated heterocycles. The van der Waals surface area contributed by atoms with Crippen LogP contribution in [-0.4, -0.2) is 48.4 Å². The molecule has 0 amide bonds. The van der Waals surface area contributed by atoms with Crippen molar-refractivity contribution in [1.82, 2.24) is 19.1 Å². The zero-order valence-corrected chi connectivity index (χ0v) is 22.9. The summed E-state index contributed by atoms with van der Waals surface area (Å²) in [6, 6.07) is 14.7. The van der Waals surface area contributed by atoms with Gasteiger partial charge in [0.1, 0.15) is 12.3 Å². The topological polar surface area (TPSA) is 174 Å². The average molecular weight is 571 g/mol. The summed E-state index contributed by atoms with van der Waals surface area (Å²) in [5, 5.41) is 20.2. The second kappa shape index (κ2) is 10.8. The van der Waals surface area contributed by atoms with Gasteiger partial charge in [0, 0.05) is 28.1 Å². The van der Waals surface area contributed by atoms with E-state index in [2.05, 4.69) is 9.97 Å². The van der Waals surface area contributed by atoms with E-state index in [1.165, 1.54) is 13.2 Å². The lowest BCUT2D eigenvalue weighted by atomic mass is 9.90. The zero-order chi connectivity index (χ0) is 30.3. The van der Waals surface area contributed by atoms with E-state index in [1.54, 1.807) is 62.4 Å². The molecule has 214 valence electrons. The number of aromatic nitrogens is 4. The molecule has 0 aliphatic carbocycles. The van der Waals surface area contributed by atoms with Crippen molar-refractivity contribution in [3.8, 4) is 16.9 Å². The first kappa shape index (κ1) is 28.0. The van der Waals surface area contributed by atoms with Gasteiger partial charge in [-0.05, 0) is 23.6 Å². The lowest BCUT2D eigenvalue weighted by molar-refractivity contribution is -0.137. The van der Waals surface area contributed by atoms with Gasteiger partial charge in [0.25, 0.3) is 5.56 Å². The number of carboxylic acid groups (broad SMARTS) is 2. The van der Waals surface area contributed by atoms with E-state index in [0.29, 0.717) is 26.8 Å². The van der Waals surface area contributed by atoms with Crippen LogP contribution in [0.4, 0.5) is 0 Å². The van der Waals surface area contributed by atoms with Gasteiger partial charge in [0.05, 0.1) is 30.3 Å². The molecule has 0 bridgehead atoms. The Labute approximate surface area is 237 Å². The largest absolute Gasteiger partial charge is 0.496 e. The van der Waals surface area contributed by atoms with Crippen LogP contribution in [-0.2, 0) is 17.9 Å². The van der Waals surface area contributed by atoms with Crippen LogP contribution in [0.5, 0.6) is 5.75 Å². The Kier molecular flexibility index (Phi) is 7.21. The van der Waals surface area contributed by atoms with Crippen molar-refractivity contribution >= 4 is 33.9 Å². The number of H-pyrrole nitrogens is 1. The molecule has 42 heavy (non-hydrogen) atoms. The number of fused-ring (bicyclic) bond motifs is 2. The molecule has 0 radical (unpaired) electrons. The number of para-hydroxylation sites is 2. The second-order valence-electron chi connectivity index (χ2n) is 9.96. The summed E-state index contributed by atoms with van der Waals surface area (Å²) in [4.78, 5) is 72.5. The molecule has 5 rings (SSSR count). The summed E-state index contributed by atoms with van der Waals surface area (Å²) >= 11 is 0. The first-order valence-corrected chi connectivity index (χ1v) is 12.9. The van der Waals surface area contributed by atoms with Crippen LogP contribution >= 0.6 is 0 Å². The Hall–Kier alpha value is -5.52. The van der Waals surface area contributed by atoms with Crippen LogP contribution in [0.2, 0.25) is 0 Å². The van der Waals surface area contributed by atoms with Crippen LogP contribution in [0.25, 0.3) is 33.1 Å². The van der Waals surface area contributed by atoms with Gasteiger partial charge in [-0.15, -0.1) is 0 Å². The number of ether oxygens (including phenoxy) is 1. The number of hydrogen-bond donors (Lipinski definition) is 3. The van der Waals surface area contributed by atoms with Gasteiger partial charge in [-0.25, -0.2) is 19.1 Å². The number of carbonyl (C=O) groups is 2. The van der Waals surface area contributed by atoms with Crippen LogP contribution in [0.15, 0.2) is 69.0 Å². The van der Waals surface area contributed by atoms with Gasteiger partial charge >= 0.3 is 17.6 Å². The van der Waals surface area contributed by atoms with Gasteiger partial charge in [-0.1, -0.05) is 50.2 Å². The van der Waals surface area contributed by atoms with Crippen LogP contribution in [0.1, 0.15) is 41.4 Å². The predicted molar refractivity (Wildman–Crippen MR) is 155 cm³/mol. The number of methoxy groups -OCH3 is 1. The zero-order valence-electron chi connectivity index (χ0n) is 22.9. The van der Waals surface area contributed by atoms with Gasteiger partial charge in [0.15, 0.2) is 5.65 Å². The monoisotopic (exact) mass is 570 g/mol. The molecular weight excluding hydrogens is 544 g/mol. The van der Waals surface area contributed by atoms with Gasteiger partial charge in [-0.2, -0.15) is 0 Å². The number of nitrogens with zero attached hydrogens (tertiary/aromatic N) is 3.